The van der Waals surface area contributed by atoms with Crippen LogP contribution in [-0.2, 0) is 14.3 Å². The van der Waals surface area contributed by atoms with Gasteiger partial charge in [-0.2, -0.15) is 0 Å². The molecule has 2 aromatic rings. The number of aromatic nitrogens is 1. The molecule has 1 atom stereocenters. The highest BCUT2D eigenvalue weighted by molar-refractivity contribution is 7.99. The molecule has 2 N–H and O–H groups in total. The maximum atomic E-state index is 12.4. The molecule has 148 valence electrons. The maximum Gasteiger partial charge on any atom is 0.341 e. The minimum absolute atomic E-state index is 0.276. The van der Waals surface area contributed by atoms with Gasteiger partial charge in [-0.25, -0.2) is 9.78 Å². The van der Waals surface area contributed by atoms with E-state index >= 15 is 0 Å². The van der Waals surface area contributed by atoms with Gasteiger partial charge in [0.05, 0.1) is 5.56 Å². The Bertz CT molecular complexity index is 840. The summed E-state index contributed by atoms with van der Waals surface area (Å²) in [5, 5.41) is 5.58. The molecule has 1 aromatic heterocycles. The number of amides is 2. The minimum Gasteiger partial charge on any atom is -0.452 e. The van der Waals surface area contributed by atoms with Crippen LogP contribution in [0.2, 0.25) is 0 Å². The van der Waals surface area contributed by atoms with Crippen molar-refractivity contribution in [3.05, 3.63) is 53.7 Å². The summed E-state index contributed by atoms with van der Waals surface area (Å²) in [6.07, 6.45) is 1.59. The van der Waals surface area contributed by atoms with Gasteiger partial charge in [0, 0.05) is 17.6 Å². The number of carbonyl (C=O) groups excluding carboxylic acids is 3. The van der Waals surface area contributed by atoms with Gasteiger partial charge in [-0.1, -0.05) is 29.5 Å². The lowest BCUT2D eigenvalue weighted by Gasteiger charge is -2.13. The number of likely N-dealkylation sites (N-methyl/N-ethyl adjacent to an activating group) is 1. The summed E-state index contributed by atoms with van der Waals surface area (Å²) in [6.45, 7) is 5.33. The quantitative estimate of drug-likeness (QED) is 0.659. The van der Waals surface area contributed by atoms with E-state index in [1.807, 2.05) is 31.2 Å². The van der Waals surface area contributed by atoms with Crippen LogP contribution in [0, 0.1) is 6.92 Å². The smallest absolute Gasteiger partial charge is 0.341 e. The zero-order valence-corrected chi connectivity index (χ0v) is 16.8. The van der Waals surface area contributed by atoms with Crippen LogP contribution in [0.5, 0.6) is 0 Å². The number of pyridine rings is 1. The molecular formula is C20H23N3O4S. The average Bonchev–Trinajstić information content (AvgIpc) is 2.68. The first-order valence-corrected chi connectivity index (χ1v) is 9.66. The van der Waals surface area contributed by atoms with Crippen molar-refractivity contribution in [2.75, 3.05) is 13.2 Å². The van der Waals surface area contributed by atoms with Gasteiger partial charge in [0.1, 0.15) is 11.1 Å². The second-order valence-electron chi connectivity index (χ2n) is 6.03. The molecule has 0 unspecified atom stereocenters. The number of ether oxygens (including phenoxy) is 1. The fourth-order valence-electron chi connectivity index (χ4n) is 2.23. The molecule has 0 fully saturated rings. The Kier molecular flexibility index (Phi) is 8.01. The highest BCUT2D eigenvalue weighted by atomic mass is 32.2. The molecule has 8 heteroatoms. The van der Waals surface area contributed by atoms with Crippen molar-refractivity contribution in [2.45, 2.75) is 36.7 Å². The van der Waals surface area contributed by atoms with Gasteiger partial charge in [-0.05, 0) is 45.0 Å². The summed E-state index contributed by atoms with van der Waals surface area (Å²) in [6, 6.07) is 10.4. The predicted molar refractivity (Wildman–Crippen MR) is 106 cm³/mol. The molecule has 0 radical (unpaired) electrons. The Hall–Kier alpha value is -2.87. The van der Waals surface area contributed by atoms with Crippen molar-refractivity contribution in [1.82, 2.24) is 15.6 Å². The Balaban J connectivity index is 1.96. The van der Waals surface area contributed by atoms with Gasteiger partial charge >= 0.3 is 5.97 Å². The fraction of sp³-hybridized carbons (Fsp3) is 0.300. The molecular weight excluding hydrogens is 378 g/mol. The van der Waals surface area contributed by atoms with E-state index in [9.17, 15) is 14.4 Å². The topological polar surface area (TPSA) is 97.4 Å². The summed E-state index contributed by atoms with van der Waals surface area (Å²) in [5.74, 6) is -1.50. The van der Waals surface area contributed by atoms with E-state index in [0.717, 1.165) is 10.5 Å². The van der Waals surface area contributed by atoms with Crippen LogP contribution in [0.3, 0.4) is 0 Å². The predicted octanol–water partition coefficient (Wildman–Crippen LogP) is 2.34. The molecule has 1 aromatic carbocycles. The molecule has 2 amide bonds. The van der Waals surface area contributed by atoms with Crippen LogP contribution in [0.15, 0.2) is 52.5 Å². The minimum atomic E-state index is -0.711. The summed E-state index contributed by atoms with van der Waals surface area (Å²) < 4.78 is 5.09. The van der Waals surface area contributed by atoms with Gasteiger partial charge in [0.2, 0.25) is 5.91 Å². The average molecular weight is 401 g/mol. The normalized spacial score (nSPS) is 11.4. The molecule has 1 heterocycles. The first kappa shape index (κ1) is 21.4. The van der Waals surface area contributed by atoms with Gasteiger partial charge in [0.15, 0.2) is 6.61 Å². The van der Waals surface area contributed by atoms with Crippen molar-refractivity contribution in [3.63, 3.8) is 0 Å². The molecule has 0 bridgehead atoms. The van der Waals surface area contributed by atoms with Crippen LogP contribution in [-0.4, -0.2) is 42.0 Å². The number of nitrogens with zero attached hydrogens (tertiary/aromatic N) is 1. The van der Waals surface area contributed by atoms with Gasteiger partial charge in [0.25, 0.3) is 5.91 Å². The standard InChI is InChI=1S/C20H23N3O4S/c1-4-21-18(25)14(3)23-17(24)12-27-20(26)16-6-5-11-22-19(16)28-15-9-7-13(2)8-10-15/h5-11,14H,4,12H2,1-3H3,(H,21,25)(H,23,24)/t14-/m1/s1. The summed E-state index contributed by atoms with van der Waals surface area (Å²) in [7, 11) is 0. The third-order valence-electron chi connectivity index (χ3n) is 3.68. The van der Waals surface area contributed by atoms with Crippen molar-refractivity contribution in [3.8, 4) is 0 Å². The van der Waals surface area contributed by atoms with Gasteiger partial charge < -0.3 is 15.4 Å². The number of rotatable bonds is 8. The van der Waals surface area contributed by atoms with E-state index in [1.165, 1.54) is 11.8 Å². The maximum absolute atomic E-state index is 12.4. The lowest BCUT2D eigenvalue weighted by atomic mass is 10.2. The number of hydrogen-bond acceptors (Lipinski definition) is 6. The van der Waals surface area contributed by atoms with E-state index < -0.39 is 24.5 Å². The Morgan fingerprint density at radius 1 is 1.18 bits per heavy atom. The molecule has 7 nitrogen and oxygen atoms in total. The molecule has 0 aliphatic rings. The highest BCUT2D eigenvalue weighted by Crippen LogP contribution is 2.29. The van der Waals surface area contributed by atoms with Crippen LogP contribution in [0.25, 0.3) is 0 Å². The third-order valence-corrected chi connectivity index (χ3v) is 4.71. The Morgan fingerprint density at radius 2 is 1.89 bits per heavy atom. The fourth-order valence-corrected chi connectivity index (χ4v) is 3.10. The number of nitrogens with one attached hydrogen (secondary N) is 2. The molecule has 0 saturated heterocycles. The lowest BCUT2D eigenvalue weighted by molar-refractivity contribution is -0.130. The molecule has 2 rings (SSSR count). The van der Waals surface area contributed by atoms with Crippen LogP contribution >= 0.6 is 11.8 Å². The number of benzene rings is 1. The Labute approximate surface area is 168 Å². The van der Waals surface area contributed by atoms with Crippen LogP contribution in [0.4, 0.5) is 0 Å². The molecule has 0 spiro atoms. The lowest BCUT2D eigenvalue weighted by Crippen LogP contribution is -2.46. The van der Waals surface area contributed by atoms with Gasteiger partial charge in [-0.15, -0.1) is 0 Å². The first-order valence-electron chi connectivity index (χ1n) is 8.84. The summed E-state index contributed by atoms with van der Waals surface area (Å²) >= 11 is 1.34. The third kappa shape index (κ3) is 6.38. The Morgan fingerprint density at radius 3 is 2.57 bits per heavy atom. The largest absolute Gasteiger partial charge is 0.452 e. The zero-order valence-electron chi connectivity index (χ0n) is 16.0. The second kappa shape index (κ2) is 10.5. The van der Waals surface area contributed by atoms with Crippen molar-refractivity contribution >= 4 is 29.5 Å². The first-order chi connectivity index (χ1) is 13.4. The summed E-state index contributed by atoms with van der Waals surface area (Å²) in [4.78, 5) is 41.1. The van der Waals surface area contributed by atoms with Gasteiger partial charge in [-0.3, -0.25) is 9.59 Å². The monoisotopic (exact) mass is 401 g/mol. The molecule has 28 heavy (non-hydrogen) atoms. The highest BCUT2D eigenvalue weighted by Gasteiger charge is 2.18. The van der Waals surface area contributed by atoms with Crippen LogP contribution < -0.4 is 10.6 Å². The number of esters is 1. The summed E-state index contributed by atoms with van der Waals surface area (Å²) in [5.41, 5.74) is 1.41. The number of carbonyl (C=O) groups is 3. The van der Waals surface area contributed by atoms with Crippen LogP contribution in [0.1, 0.15) is 29.8 Å². The van der Waals surface area contributed by atoms with E-state index in [1.54, 1.807) is 32.2 Å². The zero-order chi connectivity index (χ0) is 20.5. The van der Waals surface area contributed by atoms with E-state index in [-0.39, 0.29) is 11.5 Å². The molecule has 0 saturated carbocycles. The second-order valence-corrected chi connectivity index (χ2v) is 7.09. The molecule has 0 aliphatic heterocycles. The van der Waals surface area contributed by atoms with Crippen molar-refractivity contribution in [2.24, 2.45) is 0 Å². The SMILES string of the molecule is CCNC(=O)[C@@H](C)NC(=O)COC(=O)c1cccnc1Sc1ccc(C)cc1. The van der Waals surface area contributed by atoms with Crippen molar-refractivity contribution in [1.29, 1.82) is 0 Å². The van der Waals surface area contributed by atoms with Crippen molar-refractivity contribution < 1.29 is 19.1 Å². The number of aryl methyl sites for hydroxylation is 1. The van der Waals surface area contributed by atoms with E-state index in [4.69, 9.17) is 4.74 Å². The van der Waals surface area contributed by atoms with E-state index in [2.05, 4.69) is 15.6 Å². The van der Waals surface area contributed by atoms with E-state index in [0.29, 0.717) is 11.6 Å². The molecule has 0 aliphatic carbocycles. The number of hydrogen-bond donors (Lipinski definition) is 2.